The van der Waals surface area contributed by atoms with Gasteiger partial charge >= 0.3 is 0 Å². The molecule has 1 N–H and O–H groups in total. The molecule has 0 amide bonds. The summed E-state index contributed by atoms with van der Waals surface area (Å²) in [5, 5.41) is 3.67. The first-order valence-corrected chi connectivity index (χ1v) is 8.50. The molecule has 3 nitrogen and oxygen atoms in total. The van der Waals surface area contributed by atoms with Gasteiger partial charge in [0, 0.05) is 32.8 Å². The van der Waals surface area contributed by atoms with Crippen LogP contribution in [0.4, 0.5) is 0 Å². The van der Waals surface area contributed by atoms with E-state index in [1.54, 1.807) is 0 Å². The standard InChI is InChI=1S/C17H36N2O/c1-6-8-17(5,13-18-11-15(2)3)14-19-9-7-10-20-16(4)12-19/h15-16,18H,6-14H2,1-5H3. The van der Waals surface area contributed by atoms with Crippen molar-refractivity contribution >= 4 is 0 Å². The highest BCUT2D eigenvalue weighted by Gasteiger charge is 2.27. The highest BCUT2D eigenvalue weighted by molar-refractivity contribution is 4.82. The van der Waals surface area contributed by atoms with Gasteiger partial charge in [0.25, 0.3) is 0 Å². The summed E-state index contributed by atoms with van der Waals surface area (Å²) in [5.41, 5.74) is 0.383. The van der Waals surface area contributed by atoms with Gasteiger partial charge in [-0.25, -0.2) is 0 Å². The molecule has 2 unspecified atom stereocenters. The van der Waals surface area contributed by atoms with Crippen LogP contribution in [0, 0.1) is 11.3 Å². The van der Waals surface area contributed by atoms with Gasteiger partial charge in [0.2, 0.25) is 0 Å². The molecule has 1 heterocycles. The minimum absolute atomic E-state index is 0.381. The number of nitrogens with one attached hydrogen (secondary N) is 1. The lowest BCUT2D eigenvalue weighted by Gasteiger charge is -2.36. The molecule has 0 aromatic carbocycles. The molecule has 1 aliphatic heterocycles. The van der Waals surface area contributed by atoms with Gasteiger partial charge in [-0.1, -0.05) is 34.1 Å². The maximum atomic E-state index is 5.76. The van der Waals surface area contributed by atoms with Crippen molar-refractivity contribution < 1.29 is 4.74 Å². The van der Waals surface area contributed by atoms with Crippen LogP contribution in [0.15, 0.2) is 0 Å². The summed E-state index contributed by atoms with van der Waals surface area (Å²) in [6.07, 6.45) is 4.11. The zero-order valence-electron chi connectivity index (χ0n) is 14.4. The van der Waals surface area contributed by atoms with E-state index >= 15 is 0 Å². The Bertz CT molecular complexity index is 257. The molecular formula is C17H36N2O. The van der Waals surface area contributed by atoms with Crippen molar-refractivity contribution in [3.63, 3.8) is 0 Å². The SMILES string of the molecule is CCCC(C)(CNCC(C)C)CN1CCCOC(C)C1. The molecular weight excluding hydrogens is 248 g/mol. The third-order valence-electron chi connectivity index (χ3n) is 4.10. The average molecular weight is 284 g/mol. The Morgan fingerprint density at radius 3 is 2.80 bits per heavy atom. The van der Waals surface area contributed by atoms with Crippen molar-refractivity contribution in [3.8, 4) is 0 Å². The van der Waals surface area contributed by atoms with Crippen molar-refractivity contribution in [1.29, 1.82) is 0 Å². The maximum Gasteiger partial charge on any atom is 0.0673 e. The van der Waals surface area contributed by atoms with Crippen molar-refractivity contribution in [2.24, 2.45) is 11.3 Å². The Kier molecular flexibility index (Phi) is 8.08. The van der Waals surface area contributed by atoms with Crippen molar-refractivity contribution in [2.45, 2.75) is 60.0 Å². The number of nitrogens with zero attached hydrogens (tertiary/aromatic N) is 1. The van der Waals surface area contributed by atoms with Gasteiger partial charge in [0.15, 0.2) is 0 Å². The van der Waals surface area contributed by atoms with Crippen LogP contribution in [0.25, 0.3) is 0 Å². The van der Waals surface area contributed by atoms with E-state index in [-0.39, 0.29) is 0 Å². The van der Waals surface area contributed by atoms with Crippen LogP contribution in [-0.2, 0) is 4.74 Å². The fourth-order valence-electron chi connectivity index (χ4n) is 3.25. The molecule has 1 rings (SSSR count). The Morgan fingerprint density at radius 1 is 1.40 bits per heavy atom. The third kappa shape index (κ3) is 7.05. The van der Waals surface area contributed by atoms with E-state index < -0.39 is 0 Å². The first kappa shape index (κ1) is 17.9. The van der Waals surface area contributed by atoms with Gasteiger partial charge in [0.1, 0.15) is 0 Å². The molecule has 3 heteroatoms. The smallest absolute Gasteiger partial charge is 0.0673 e. The number of hydrogen-bond acceptors (Lipinski definition) is 3. The van der Waals surface area contributed by atoms with Crippen LogP contribution in [0.1, 0.15) is 53.9 Å². The molecule has 0 aliphatic carbocycles. The predicted molar refractivity (Wildman–Crippen MR) is 87.2 cm³/mol. The Morgan fingerprint density at radius 2 is 2.15 bits per heavy atom. The van der Waals surface area contributed by atoms with Crippen LogP contribution in [-0.4, -0.2) is 50.3 Å². The molecule has 0 aromatic rings. The van der Waals surface area contributed by atoms with Gasteiger partial charge in [-0.15, -0.1) is 0 Å². The summed E-state index contributed by atoms with van der Waals surface area (Å²) >= 11 is 0. The van der Waals surface area contributed by atoms with Crippen molar-refractivity contribution in [3.05, 3.63) is 0 Å². The Labute approximate surface area is 126 Å². The van der Waals surface area contributed by atoms with Crippen molar-refractivity contribution in [1.82, 2.24) is 10.2 Å². The molecule has 1 aliphatic rings. The van der Waals surface area contributed by atoms with Crippen molar-refractivity contribution in [2.75, 3.05) is 39.3 Å². The van der Waals surface area contributed by atoms with E-state index in [2.05, 4.69) is 44.8 Å². The van der Waals surface area contributed by atoms with Gasteiger partial charge in [-0.2, -0.15) is 0 Å². The van der Waals surface area contributed by atoms with Gasteiger partial charge in [-0.05, 0) is 37.6 Å². The molecule has 1 fully saturated rings. The first-order chi connectivity index (χ1) is 9.45. The lowest BCUT2D eigenvalue weighted by Crippen LogP contribution is -2.44. The Balaban J connectivity index is 2.50. The maximum absolute atomic E-state index is 5.76. The largest absolute Gasteiger partial charge is 0.377 e. The van der Waals surface area contributed by atoms with E-state index in [4.69, 9.17) is 4.74 Å². The summed E-state index contributed by atoms with van der Waals surface area (Å²) in [6, 6.07) is 0. The van der Waals surface area contributed by atoms with E-state index in [0.29, 0.717) is 11.5 Å². The summed E-state index contributed by atoms with van der Waals surface area (Å²) in [4.78, 5) is 2.62. The summed E-state index contributed by atoms with van der Waals surface area (Å²) in [5.74, 6) is 0.729. The second kappa shape index (κ2) is 9.01. The lowest BCUT2D eigenvalue weighted by atomic mass is 9.84. The van der Waals surface area contributed by atoms with E-state index in [0.717, 1.165) is 32.2 Å². The normalized spacial score (nSPS) is 24.6. The van der Waals surface area contributed by atoms with Crippen LogP contribution in [0.2, 0.25) is 0 Å². The zero-order valence-corrected chi connectivity index (χ0v) is 14.4. The van der Waals surface area contributed by atoms with Crippen LogP contribution >= 0.6 is 0 Å². The van der Waals surface area contributed by atoms with Gasteiger partial charge in [-0.3, -0.25) is 0 Å². The van der Waals surface area contributed by atoms with E-state index in [1.807, 2.05) is 0 Å². The molecule has 0 bridgehead atoms. The zero-order chi connectivity index (χ0) is 15.0. The molecule has 1 saturated heterocycles. The average Bonchev–Trinajstić information content (AvgIpc) is 2.53. The number of hydrogen-bond donors (Lipinski definition) is 1. The predicted octanol–water partition coefficient (Wildman–Crippen LogP) is 3.15. The van der Waals surface area contributed by atoms with Crippen LogP contribution in [0.5, 0.6) is 0 Å². The number of rotatable bonds is 8. The highest BCUT2D eigenvalue weighted by Crippen LogP contribution is 2.25. The van der Waals surface area contributed by atoms with Gasteiger partial charge < -0.3 is 15.0 Å². The quantitative estimate of drug-likeness (QED) is 0.741. The summed E-state index contributed by atoms with van der Waals surface area (Å²) < 4.78 is 5.76. The fraction of sp³-hybridized carbons (Fsp3) is 1.00. The number of ether oxygens (including phenoxy) is 1. The minimum Gasteiger partial charge on any atom is -0.377 e. The van der Waals surface area contributed by atoms with Crippen LogP contribution < -0.4 is 5.32 Å². The molecule has 2 atom stereocenters. The molecule has 120 valence electrons. The second-order valence-electron chi connectivity index (χ2n) is 7.36. The molecule has 0 saturated carbocycles. The fourth-order valence-corrected chi connectivity index (χ4v) is 3.25. The first-order valence-electron chi connectivity index (χ1n) is 8.50. The minimum atomic E-state index is 0.381. The lowest BCUT2D eigenvalue weighted by molar-refractivity contribution is 0.0592. The molecule has 0 radical (unpaired) electrons. The highest BCUT2D eigenvalue weighted by atomic mass is 16.5. The third-order valence-corrected chi connectivity index (χ3v) is 4.10. The topological polar surface area (TPSA) is 24.5 Å². The monoisotopic (exact) mass is 284 g/mol. The van der Waals surface area contributed by atoms with Crippen LogP contribution in [0.3, 0.4) is 0 Å². The molecule has 0 aromatic heterocycles. The van der Waals surface area contributed by atoms with E-state index in [9.17, 15) is 0 Å². The van der Waals surface area contributed by atoms with E-state index in [1.165, 1.54) is 32.4 Å². The Hall–Kier alpha value is -0.120. The van der Waals surface area contributed by atoms with Gasteiger partial charge in [0.05, 0.1) is 6.10 Å². The molecule has 0 spiro atoms. The molecule has 20 heavy (non-hydrogen) atoms. The summed E-state index contributed by atoms with van der Waals surface area (Å²) in [6.45, 7) is 18.1. The summed E-state index contributed by atoms with van der Waals surface area (Å²) in [7, 11) is 0. The second-order valence-corrected chi connectivity index (χ2v) is 7.36.